The van der Waals surface area contributed by atoms with Gasteiger partial charge in [-0.25, -0.2) is 9.78 Å². The second-order valence-electron chi connectivity index (χ2n) is 5.74. The molecule has 0 unspecified atom stereocenters. The Morgan fingerprint density at radius 2 is 1.76 bits per heavy atom. The largest absolute Gasteiger partial charge is 0.481 e. The maximum atomic E-state index is 11.2. The number of hydrogen-bond acceptors (Lipinski definition) is 6. The van der Waals surface area contributed by atoms with E-state index in [1.807, 2.05) is 26.0 Å². The first-order valence-corrected chi connectivity index (χ1v) is 8.03. The maximum Gasteiger partial charge on any atom is 0.343 e. The number of ether oxygens (including phenoxy) is 3. The Balaban J connectivity index is 1.92. The average molecular weight is 344 g/mol. The molecule has 6 nitrogen and oxygen atoms in total. The number of carbonyl (C=O) groups excluding carboxylic acids is 1. The molecule has 0 bridgehead atoms. The third-order valence-electron chi connectivity index (χ3n) is 3.75. The number of pyridine rings is 1. The van der Waals surface area contributed by atoms with E-state index >= 15 is 0 Å². The second kappa shape index (κ2) is 9.03. The molecule has 0 spiro atoms. The summed E-state index contributed by atoms with van der Waals surface area (Å²) in [5.41, 5.74) is 4.23. The lowest BCUT2D eigenvalue weighted by Crippen LogP contribution is -2.15. The minimum atomic E-state index is -0.391. The molecule has 1 heterocycles. The van der Waals surface area contributed by atoms with E-state index in [0.29, 0.717) is 5.88 Å². The van der Waals surface area contributed by atoms with Gasteiger partial charge in [0.2, 0.25) is 5.88 Å². The Morgan fingerprint density at radius 3 is 2.32 bits per heavy atom. The summed E-state index contributed by atoms with van der Waals surface area (Å²) >= 11 is 0. The third kappa shape index (κ3) is 5.46. The highest BCUT2D eigenvalue weighted by Crippen LogP contribution is 2.25. The van der Waals surface area contributed by atoms with Gasteiger partial charge in [-0.1, -0.05) is 18.2 Å². The van der Waals surface area contributed by atoms with Crippen LogP contribution in [0.3, 0.4) is 0 Å². The van der Waals surface area contributed by atoms with Gasteiger partial charge in [0.05, 0.1) is 14.2 Å². The number of nitrogens with one attached hydrogen (secondary N) is 1. The average Bonchev–Trinajstić information content (AvgIpc) is 2.61. The van der Waals surface area contributed by atoms with E-state index in [4.69, 9.17) is 9.47 Å². The van der Waals surface area contributed by atoms with E-state index in [9.17, 15) is 4.79 Å². The van der Waals surface area contributed by atoms with Crippen molar-refractivity contribution < 1.29 is 19.0 Å². The Bertz CT molecular complexity index is 691. The molecule has 0 saturated carbocycles. The Morgan fingerprint density at radius 1 is 1.08 bits per heavy atom. The molecule has 0 saturated heterocycles. The van der Waals surface area contributed by atoms with Crippen LogP contribution < -0.4 is 14.8 Å². The van der Waals surface area contributed by atoms with E-state index < -0.39 is 5.97 Å². The first-order valence-electron chi connectivity index (χ1n) is 8.03. The highest BCUT2D eigenvalue weighted by atomic mass is 16.6. The Hall–Kier alpha value is -2.60. The number of methoxy groups -OCH3 is 2. The summed E-state index contributed by atoms with van der Waals surface area (Å²) in [5.74, 6) is 0.948. The van der Waals surface area contributed by atoms with Gasteiger partial charge in [0.25, 0.3) is 0 Å². The molecule has 0 fully saturated rings. The molecule has 0 radical (unpaired) electrons. The number of esters is 1. The highest BCUT2D eigenvalue weighted by molar-refractivity contribution is 5.71. The normalized spacial score (nSPS) is 10.4. The van der Waals surface area contributed by atoms with Crippen molar-refractivity contribution in [2.75, 3.05) is 20.8 Å². The fourth-order valence-electron chi connectivity index (χ4n) is 2.55. The van der Waals surface area contributed by atoms with E-state index in [1.165, 1.54) is 7.11 Å². The van der Waals surface area contributed by atoms with Gasteiger partial charge in [-0.05, 0) is 36.1 Å². The van der Waals surface area contributed by atoms with Crippen LogP contribution in [0.1, 0.15) is 22.3 Å². The van der Waals surface area contributed by atoms with Crippen molar-refractivity contribution in [3.8, 4) is 11.6 Å². The molecule has 0 aliphatic heterocycles. The molecule has 0 atom stereocenters. The quantitative estimate of drug-likeness (QED) is 0.742. The molecule has 1 aromatic carbocycles. The number of aromatic nitrogens is 1. The summed E-state index contributed by atoms with van der Waals surface area (Å²) in [4.78, 5) is 15.4. The van der Waals surface area contributed by atoms with Crippen molar-refractivity contribution in [2.24, 2.45) is 0 Å². The van der Waals surface area contributed by atoms with Crippen LogP contribution in [0.25, 0.3) is 0 Å². The first-order chi connectivity index (χ1) is 12.0. The van der Waals surface area contributed by atoms with Gasteiger partial charge in [0.1, 0.15) is 5.75 Å². The van der Waals surface area contributed by atoms with Crippen LogP contribution in [0.2, 0.25) is 0 Å². The number of rotatable bonds is 8. The van der Waals surface area contributed by atoms with Crippen LogP contribution in [0.15, 0.2) is 30.5 Å². The fourth-order valence-corrected chi connectivity index (χ4v) is 2.55. The topological polar surface area (TPSA) is 69.7 Å². The summed E-state index contributed by atoms with van der Waals surface area (Å²) in [6.45, 7) is 5.30. The highest BCUT2D eigenvalue weighted by Gasteiger charge is 2.09. The fraction of sp³-hybridized carbons (Fsp3) is 0.368. The predicted octanol–water partition coefficient (Wildman–Crippen LogP) is 2.55. The van der Waals surface area contributed by atoms with Gasteiger partial charge in [-0.15, -0.1) is 0 Å². The number of hydrogen-bond donors (Lipinski definition) is 1. The lowest BCUT2D eigenvalue weighted by atomic mass is 10.1. The smallest absolute Gasteiger partial charge is 0.343 e. The molecule has 0 aliphatic carbocycles. The van der Waals surface area contributed by atoms with Gasteiger partial charge in [0.15, 0.2) is 6.61 Å². The summed E-state index contributed by atoms with van der Waals surface area (Å²) in [6, 6.07) is 7.94. The zero-order valence-electron chi connectivity index (χ0n) is 15.1. The molecule has 1 N–H and O–H groups in total. The molecular weight excluding hydrogens is 320 g/mol. The molecule has 0 aliphatic rings. The molecule has 0 amide bonds. The van der Waals surface area contributed by atoms with Gasteiger partial charge in [0, 0.05) is 25.4 Å². The standard InChI is InChI=1S/C19H24N2O4/c1-13-7-16(8-14(2)19(13)25-12-18(22)24-4)10-20-9-15-5-6-17(23-3)21-11-15/h5-8,11,20H,9-10,12H2,1-4H3. The minimum Gasteiger partial charge on any atom is -0.481 e. The van der Waals surface area contributed by atoms with E-state index in [1.54, 1.807) is 13.3 Å². The van der Waals surface area contributed by atoms with Crippen LogP contribution in [0.4, 0.5) is 0 Å². The number of benzene rings is 1. The summed E-state index contributed by atoms with van der Waals surface area (Å²) in [5, 5.41) is 3.39. The van der Waals surface area contributed by atoms with E-state index in [2.05, 4.69) is 27.2 Å². The lowest BCUT2D eigenvalue weighted by Gasteiger charge is -2.14. The van der Waals surface area contributed by atoms with Crippen molar-refractivity contribution >= 4 is 5.97 Å². The van der Waals surface area contributed by atoms with Crippen molar-refractivity contribution in [3.63, 3.8) is 0 Å². The zero-order chi connectivity index (χ0) is 18.2. The summed E-state index contributed by atoms with van der Waals surface area (Å²) in [7, 11) is 2.95. The van der Waals surface area contributed by atoms with E-state index in [-0.39, 0.29) is 6.61 Å². The lowest BCUT2D eigenvalue weighted by molar-refractivity contribution is -0.142. The molecule has 6 heteroatoms. The second-order valence-corrected chi connectivity index (χ2v) is 5.74. The first kappa shape index (κ1) is 18.7. The Labute approximate surface area is 148 Å². The molecular formula is C19H24N2O4. The van der Waals surface area contributed by atoms with Crippen molar-refractivity contribution in [3.05, 3.63) is 52.7 Å². The van der Waals surface area contributed by atoms with Gasteiger partial charge in [-0.3, -0.25) is 0 Å². The third-order valence-corrected chi connectivity index (χ3v) is 3.75. The van der Waals surface area contributed by atoms with Crippen LogP contribution in [-0.4, -0.2) is 31.8 Å². The van der Waals surface area contributed by atoms with Gasteiger partial charge >= 0.3 is 5.97 Å². The summed E-state index contributed by atoms with van der Waals surface area (Å²) in [6.07, 6.45) is 1.80. The van der Waals surface area contributed by atoms with Crippen molar-refractivity contribution in [1.82, 2.24) is 10.3 Å². The molecule has 134 valence electrons. The van der Waals surface area contributed by atoms with Crippen LogP contribution in [0, 0.1) is 13.8 Å². The maximum absolute atomic E-state index is 11.2. The SMILES string of the molecule is COC(=O)COc1c(C)cc(CNCc2ccc(OC)nc2)cc1C. The van der Waals surface area contributed by atoms with Crippen LogP contribution in [-0.2, 0) is 22.6 Å². The van der Waals surface area contributed by atoms with Crippen LogP contribution in [0.5, 0.6) is 11.6 Å². The molecule has 2 rings (SSSR count). The minimum absolute atomic E-state index is 0.0831. The molecule has 2 aromatic rings. The Kier molecular flexibility index (Phi) is 6.77. The number of aryl methyl sites for hydroxylation is 2. The van der Waals surface area contributed by atoms with Crippen LogP contribution >= 0.6 is 0 Å². The molecule has 25 heavy (non-hydrogen) atoms. The predicted molar refractivity (Wildman–Crippen MR) is 94.8 cm³/mol. The zero-order valence-corrected chi connectivity index (χ0v) is 15.1. The van der Waals surface area contributed by atoms with Crippen molar-refractivity contribution in [2.45, 2.75) is 26.9 Å². The number of carbonyl (C=O) groups is 1. The number of nitrogens with zero attached hydrogens (tertiary/aromatic N) is 1. The monoisotopic (exact) mass is 344 g/mol. The van der Waals surface area contributed by atoms with Gasteiger partial charge < -0.3 is 19.5 Å². The van der Waals surface area contributed by atoms with Crippen molar-refractivity contribution in [1.29, 1.82) is 0 Å². The van der Waals surface area contributed by atoms with Gasteiger partial charge in [-0.2, -0.15) is 0 Å². The summed E-state index contributed by atoms with van der Waals surface area (Å²) < 4.78 is 15.2. The molecule has 1 aromatic heterocycles. The van der Waals surface area contributed by atoms with E-state index in [0.717, 1.165) is 41.1 Å².